The Morgan fingerprint density at radius 1 is 1.23 bits per heavy atom. The van der Waals surface area contributed by atoms with Gasteiger partial charge in [0.2, 0.25) is 0 Å². The first-order valence-corrected chi connectivity index (χ1v) is 11.0. The molecule has 31 heavy (non-hydrogen) atoms. The van der Waals surface area contributed by atoms with Crippen molar-refractivity contribution in [2.75, 3.05) is 13.6 Å². The zero-order chi connectivity index (χ0) is 23.4. The first-order valence-electron chi connectivity index (χ1n) is 9.18. The molecule has 2 aromatic carbocycles. The van der Waals surface area contributed by atoms with Crippen LogP contribution in [0.3, 0.4) is 0 Å². The first-order chi connectivity index (χ1) is 14.3. The Labute approximate surface area is 186 Å². The number of carbonyl (C=O) groups is 1. The topological polar surface area (TPSA) is 117 Å². The number of rotatable bonds is 6. The number of hydrogen-bond donors (Lipinski definition) is 1. The minimum Gasteiger partial charge on any atom is -0.444 e. The summed E-state index contributed by atoms with van der Waals surface area (Å²) in [4.78, 5) is 13.0. The van der Waals surface area contributed by atoms with Gasteiger partial charge in [0, 0.05) is 7.05 Å². The molecule has 0 saturated heterocycles. The predicted molar refractivity (Wildman–Crippen MR) is 114 cm³/mol. The Kier molecular flexibility index (Phi) is 7.54. The maximum absolute atomic E-state index is 12.5. The van der Waals surface area contributed by atoms with Gasteiger partial charge in [-0.2, -0.15) is 13.7 Å². The van der Waals surface area contributed by atoms with Gasteiger partial charge in [-0.25, -0.2) is 4.79 Å². The average Bonchev–Trinajstić information content (AvgIpc) is 2.66. The summed E-state index contributed by atoms with van der Waals surface area (Å²) in [6.07, 6.45) is -1.59. The van der Waals surface area contributed by atoms with E-state index in [1.165, 1.54) is 54.4 Å². The summed E-state index contributed by atoms with van der Waals surface area (Å²) in [6, 6.07) is 11.3. The number of nitrogens with zero attached hydrogens (tertiary/aromatic N) is 2. The lowest BCUT2D eigenvalue weighted by molar-refractivity contribution is 0.0205. The normalized spacial score (nSPS) is 12.5. The highest BCUT2D eigenvalue weighted by atomic mass is 35.5. The molecule has 0 aliphatic rings. The summed E-state index contributed by atoms with van der Waals surface area (Å²) < 4.78 is 35.3. The summed E-state index contributed by atoms with van der Waals surface area (Å²) in [5, 5.41) is 19.1. The molecule has 1 unspecified atom stereocenters. The summed E-state index contributed by atoms with van der Waals surface area (Å²) in [6.45, 7) is 5.21. The third-order valence-electron chi connectivity index (χ3n) is 3.95. The third kappa shape index (κ3) is 6.85. The van der Waals surface area contributed by atoms with Crippen LogP contribution < -0.4 is 4.18 Å². The minimum absolute atomic E-state index is 0.0110. The SMILES string of the molecule is CN(CC(O)c1ccc(OS(=O)(=O)c2ccc(C#N)cc2Cl)cc1)C(=O)OC(C)(C)C. The van der Waals surface area contributed by atoms with Gasteiger partial charge in [-0.1, -0.05) is 23.7 Å². The second-order valence-corrected chi connectivity index (χ2v) is 9.66. The van der Waals surface area contributed by atoms with Crippen LogP contribution in [0, 0.1) is 11.3 Å². The van der Waals surface area contributed by atoms with Crippen LogP contribution >= 0.6 is 11.6 Å². The number of aliphatic hydroxyl groups is 1. The summed E-state index contributed by atoms with van der Waals surface area (Å²) in [5.74, 6) is 0.0110. The van der Waals surface area contributed by atoms with Crippen molar-refractivity contribution < 1.29 is 27.2 Å². The molecular weight excluding hydrogens is 444 g/mol. The lowest BCUT2D eigenvalue weighted by atomic mass is 10.1. The van der Waals surface area contributed by atoms with Crippen molar-refractivity contribution in [1.29, 1.82) is 5.26 Å². The van der Waals surface area contributed by atoms with E-state index in [0.29, 0.717) is 5.56 Å². The highest BCUT2D eigenvalue weighted by Crippen LogP contribution is 2.27. The number of benzene rings is 2. The molecule has 0 saturated carbocycles. The average molecular weight is 467 g/mol. The summed E-state index contributed by atoms with van der Waals surface area (Å²) in [7, 11) is -2.72. The predicted octanol–water partition coefficient (Wildman–Crippen LogP) is 3.88. The molecule has 8 nitrogen and oxygen atoms in total. The Balaban J connectivity index is 2.08. The van der Waals surface area contributed by atoms with Crippen molar-refractivity contribution in [1.82, 2.24) is 4.90 Å². The molecule has 2 rings (SSSR count). The molecule has 0 aromatic heterocycles. The molecule has 0 aliphatic heterocycles. The molecule has 0 bridgehead atoms. The van der Waals surface area contributed by atoms with E-state index in [0.717, 1.165) is 0 Å². The molecule has 0 aliphatic carbocycles. The summed E-state index contributed by atoms with van der Waals surface area (Å²) >= 11 is 5.95. The number of carbonyl (C=O) groups excluding carboxylic acids is 1. The van der Waals surface area contributed by atoms with Crippen molar-refractivity contribution in [3.8, 4) is 11.8 Å². The minimum atomic E-state index is -4.22. The second-order valence-electron chi connectivity index (χ2n) is 7.74. The zero-order valence-electron chi connectivity index (χ0n) is 17.5. The number of ether oxygens (including phenoxy) is 1. The molecular formula is C21H23ClN2O6S. The molecule has 0 spiro atoms. The van der Waals surface area contributed by atoms with Gasteiger partial charge >= 0.3 is 16.2 Å². The monoisotopic (exact) mass is 466 g/mol. The van der Waals surface area contributed by atoms with Gasteiger partial charge in [0.25, 0.3) is 0 Å². The smallest absolute Gasteiger partial charge is 0.410 e. The van der Waals surface area contributed by atoms with Crippen LogP contribution in [0.25, 0.3) is 0 Å². The molecule has 0 fully saturated rings. The first kappa shape index (κ1) is 24.5. The van der Waals surface area contributed by atoms with Crippen LogP contribution in [0.1, 0.15) is 38.0 Å². The molecule has 166 valence electrons. The van der Waals surface area contributed by atoms with Gasteiger partial charge in [0.15, 0.2) is 0 Å². The fourth-order valence-electron chi connectivity index (χ4n) is 2.47. The van der Waals surface area contributed by atoms with Gasteiger partial charge in [-0.05, 0) is 56.7 Å². The molecule has 0 heterocycles. The highest BCUT2D eigenvalue weighted by Gasteiger charge is 2.23. The van der Waals surface area contributed by atoms with Crippen molar-refractivity contribution in [2.45, 2.75) is 37.4 Å². The van der Waals surface area contributed by atoms with Crippen LogP contribution in [0.15, 0.2) is 47.4 Å². The number of halogens is 1. The Morgan fingerprint density at radius 2 is 1.84 bits per heavy atom. The Morgan fingerprint density at radius 3 is 2.35 bits per heavy atom. The van der Waals surface area contributed by atoms with E-state index in [1.54, 1.807) is 20.8 Å². The van der Waals surface area contributed by atoms with E-state index in [9.17, 15) is 18.3 Å². The number of nitriles is 1. The number of aliphatic hydroxyl groups excluding tert-OH is 1. The van der Waals surface area contributed by atoms with Crippen LogP contribution in [0.5, 0.6) is 5.75 Å². The Bertz CT molecular complexity index is 1090. The quantitative estimate of drug-likeness (QED) is 0.642. The molecule has 10 heteroatoms. The van der Waals surface area contributed by atoms with Gasteiger partial charge in [0.05, 0.1) is 29.3 Å². The van der Waals surface area contributed by atoms with Gasteiger partial charge < -0.3 is 18.9 Å². The fourth-order valence-corrected chi connectivity index (χ4v) is 3.92. The molecule has 0 radical (unpaired) electrons. The van der Waals surface area contributed by atoms with Crippen molar-refractivity contribution >= 4 is 27.8 Å². The number of amides is 1. The van der Waals surface area contributed by atoms with Crippen LogP contribution in [-0.4, -0.2) is 43.7 Å². The van der Waals surface area contributed by atoms with Gasteiger partial charge in [-0.3, -0.25) is 0 Å². The Hall–Kier alpha value is -2.80. The number of hydrogen-bond acceptors (Lipinski definition) is 7. The summed E-state index contributed by atoms with van der Waals surface area (Å²) in [5.41, 5.74) is 0.0219. The lowest BCUT2D eigenvalue weighted by Crippen LogP contribution is -2.36. The van der Waals surface area contributed by atoms with E-state index in [2.05, 4.69) is 0 Å². The molecule has 1 atom stereocenters. The molecule has 1 amide bonds. The van der Waals surface area contributed by atoms with E-state index in [4.69, 9.17) is 25.8 Å². The van der Waals surface area contributed by atoms with E-state index in [1.807, 2.05) is 6.07 Å². The van der Waals surface area contributed by atoms with Crippen molar-refractivity contribution in [2.24, 2.45) is 0 Å². The van der Waals surface area contributed by atoms with E-state index < -0.39 is 27.9 Å². The highest BCUT2D eigenvalue weighted by molar-refractivity contribution is 7.87. The van der Waals surface area contributed by atoms with Crippen LogP contribution in [-0.2, 0) is 14.9 Å². The fraction of sp³-hybridized carbons (Fsp3) is 0.333. The van der Waals surface area contributed by atoms with E-state index in [-0.39, 0.29) is 27.8 Å². The lowest BCUT2D eigenvalue weighted by Gasteiger charge is -2.26. The van der Waals surface area contributed by atoms with Crippen LogP contribution in [0.2, 0.25) is 5.02 Å². The maximum Gasteiger partial charge on any atom is 0.410 e. The second kappa shape index (κ2) is 9.56. The zero-order valence-corrected chi connectivity index (χ0v) is 19.1. The van der Waals surface area contributed by atoms with Gasteiger partial charge in [-0.15, -0.1) is 0 Å². The number of likely N-dealkylation sites (N-methyl/N-ethyl adjacent to an activating group) is 1. The maximum atomic E-state index is 12.5. The largest absolute Gasteiger partial charge is 0.444 e. The van der Waals surface area contributed by atoms with Gasteiger partial charge in [0.1, 0.15) is 16.2 Å². The van der Waals surface area contributed by atoms with Crippen molar-refractivity contribution in [3.05, 3.63) is 58.6 Å². The van der Waals surface area contributed by atoms with E-state index >= 15 is 0 Å². The molecule has 2 aromatic rings. The molecule has 1 N–H and O–H groups in total. The third-order valence-corrected chi connectivity index (χ3v) is 5.68. The standard InChI is InChI=1S/C21H23ClN2O6S/c1-21(2,3)29-20(26)24(4)13-18(25)15-6-8-16(9-7-15)30-31(27,28)19-10-5-14(12-23)11-17(19)22/h5-11,18,25H,13H2,1-4H3. The van der Waals surface area contributed by atoms with Crippen LogP contribution in [0.4, 0.5) is 4.79 Å². The van der Waals surface area contributed by atoms with Crippen molar-refractivity contribution in [3.63, 3.8) is 0 Å².